The van der Waals surface area contributed by atoms with Crippen LogP contribution in [0.1, 0.15) is 19.4 Å². The summed E-state index contributed by atoms with van der Waals surface area (Å²) in [6.45, 7) is 5.09. The summed E-state index contributed by atoms with van der Waals surface area (Å²) in [4.78, 5) is 8.19. The average molecular weight is 211 g/mol. The van der Waals surface area contributed by atoms with E-state index in [1.807, 2.05) is 13.8 Å². The standard InChI is InChI=1S/C10H17N3O2/c1-3-8-9(11-4-2)12-7-13-10(8)15-6-5-14/h7,14H,3-6H2,1-2H3,(H,11,12,13). The van der Waals surface area contributed by atoms with Gasteiger partial charge in [0.05, 0.1) is 12.2 Å². The molecule has 2 N–H and O–H groups in total. The van der Waals surface area contributed by atoms with Crippen LogP contribution in [-0.4, -0.2) is 34.8 Å². The van der Waals surface area contributed by atoms with Crippen LogP contribution in [0.2, 0.25) is 0 Å². The van der Waals surface area contributed by atoms with Crippen LogP contribution in [-0.2, 0) is 6.42 Å². The Labute approximate surface area is 89.5 Å². The molecule has 1 aromatic heterocycles. The van der Waals surface area contributed by atoms with Crippen molar-refractivity contribution in [2.24, 2.45) is 0 Å². The molecular weight excluding hydrogens is 194 g/mol. The predicted molar refractivity (Wildman–Crippen MR) is 58.2 cm³/mol. The summed E-state index contributed by atoms with van der Waals surface area (Å²) in [5.74, 6) is 1.36. The van der Waals surface area contributed by atoms with Crippen LogP contribution in [0.3, 0.4) is 0 Å². The Morgan fingerprint density at radius 1 is 1.40 bits per heavy atom. The largest absolute Gasteiger partial charge is 0.475 e. The van der Waals surface area contributed by atoms with Crippen molar-refractivity contribution in [3.63, 3.8) is 0 Å². The molecule has 5 heteroatoms. The van der Waals surface area contributed by atoms with Gasteiger partial charge in [-0.05, 0) is 13.3 Å². The number of nitrogens with zero attached hydrogens (tertiary/aromatic N) is 2. The molecule has 0 fully saturated rings. The van der Waals surface area contributed by atoms with Gasteiger partial charge in [0.2, 0.25) is 5.88 Å². The Morgan fingerprint density at radius 3 is 2.80 bits per heavy atom. The van der Waals surface area contributed by atoms with Crippen molar-refractivity contribution < 1.29 is 9.84 Å². The first-order chi connectivity index (χ1) is 7.33. The number of anilines is 1. The van der Waals surface area contributed by atoms with Crippen molar-refractivity contribution in [3.05, 3.63) is 11.9 Å². The first-order valence-corrected chi connectivity index (χ1v) is 5.14. The Hall–Kier alpha value is -1.36. The van der Waals surface area contributed by atoms with Gasteiger partial charge < -0.3 is 15.2 Å². The molecule has 84 valence electrons. The molecule has 0 radical (unpaired) electrons. The number of ether oxygens (including phenoxy) is 1. The lowest BCUT2D eigenvalue weighted by atomic mass is 10.2. The maximum absolute atomic E-state index is 8.68. The van der Waals surface area contributed by atoms with Crippen LogP contribution in [0.4, 0.5) is 5.82 Å². The van der Waals surface area contributed by atoms with Gasteiger partial charge in [0.15, 0.2) is 0 Å². The van der Waals surface area contributed by atoms with Crippen LogP contribution in [0, 0.1) is 0 Å². The lowest BCUT2D eigenvalue weighted by Gasteiger charge is -2.12. The van der Waals surface area contributed by atoms with Gasteiger partial charge in [0.25, 0.3) is 0 Å². The fraction of sp³-hybridized carbons (Fsp3) is 0.600. The second-order valence-electron chi connectivity index (χ2n) is 2.96. The molecule has 1 aromatic rings. The van der Waals surface area contributed by atoms with Gasteiger partial charge in [0, 0.05) is 6.54 Å². The molecule has 5 nitrogen and oxygen atoms in total. The highest BCUT2D eigenvalue weighted by Crippen LogP contribution is 2.21. The highest BCUT2D eigenvalue weighted by Gasteiger charge is 2.09. The highest BCUT2D eigenvalue weighted by atomic mass is 16.5. The number of aromatic nitrogens is 2. The number of hydrogen-bond donors (Lipinski definition) is 2. The smallest absolute Gasteiger partial charge is 0.221 e. The Bertz CT molecular complexity index is 305. The fourth-order valence-electron chi connectivity index (χ4n) is 1.30. The minimum absolute atomic E-state index is 0.0102. The second-order valence-corrected chi connectivity index (χ2v) is 2.96. The average Bonchev–Trinajstić information content (AvgIpc) is 2.27. The number of nitrogens with one attached hydrogen (secondary N) is 1. The number of hydrogen-bond acceptors (Lipinski definition) is 5. The normalized spacial score (nSPS) is 10.1. The molecule has 0 aromatic carbocycles. The van der Waals surface area contributed by atoms with E-state index in [2.05, 4.69) is 15.3 Å². The second kappa shape index (κ2) is 6.19. The molecule has 15 heavy (non-hydrogen) atoms. The van der Waals surface area contributed by atoms with E-state index >= 15 is 0 Å². The van der Waals surface area contributed by atoms with E-state index < -0.39 is 0 Å². The van der Waals surface area contributed by atoms with E-state index in [1.54, 1.807) is 0 Å². The molecule has 0 saturated carbocycles. The molecule has 0 saturated heterocycles. The third kappa shape index (κ3) is 3.06. The summed E-state index contributed by atoms with van der Waals surface area (Å²) in [5.41, 5.74) is 0.952. The molecule has 0 spiro atoms. The molecule has 1 heterocycles. The van der Waals surface area contributed by atoms with Crippen molar-refractivity contribution in [1.29, 1.82) is 0 Å². The zero-order chi connectivity index (χ0) is 11.1. The Kier molecular flexibility index (Phi) is 4.83. The highest BCUT2D eigenvalue weighted by molar-refractivity contribution is 5.48. The van der Waals surface area contributed by atoms with E-state index in [1.165, 1.54) is 6.33 Å². The predicted octanol–water partition coefficient (Wildman–Crippen LogP) is 0.842. The summed E-state index contributed by atoms with van der Waals surface area (Å²) >= 11 is 0. The van der Waals surface area contributed by atoms with Gasteiger partial charge in [-0.1, -0.05) is 6.92 Å². The molecule has 0 amide bonds. The van der Waals surface area contributed by atoms with Crippen LogP contribution in [0.5, 0.6) is 5.88 Å². The number of rotatable bonds is 6. The molecule has 0 aliphatic heterocycles. The summed E-state index contributed by atoms with van der Waals surface area (Å²) in [5, 5.41) is 11.8. The van der Waals surface area contributed by atoms with Crippen LogP contribution in [0.15, 0.2) is 6.33 Å². The van der Waals surface area contributed by atoms with E-state index in [9.17, 15) is 0 Å². The van der Waals surface area contributed by atoms with Crippen molar-refractivity contribution in [2.75, 3.05) is 25.1 Å². The van der Waals surface area contributed by atoms with Crippen LogP contribution in [0.25, 0.3) is 0 Å². The number of aliphatic hydroxyl groups excluding tert-OH is 1. The van der Waals surface area contributed by atoms with E-state index in [0.717, 1.165) is 24.3 Å². The lowest BCUT2D eigenvalue weighted by Crippen LogP contribution is -2.09. The molecule has 0 bridgehead atoms. The zero-order valence-electron chi connectivity index (χ0n) is 9.16. The molecule has 0 aliphatic carbocycles. The van der Waals surface area contributed by atoms with Crippen molar-refractivity contribution in [3.8, 4) is 5.88 Å². The van der Waals surface area contributed by atoms with Crippen LogP contribution < -0.4 is 10.1 Å². The SMILES string of the molecule is CCNc1ncnc(OCCO)c1CC. The van der Waals surface area contributed by atoms with E-state index in [-0.39, 0.29) is 13.2 Å². The van der Waals surface area contributed by atoms with Gasteiger partial charge in [0.1, 0.15) is 18.8 Å². The van der Waals surface area contributed by atoms with Gasteiger partial charge in [-0.2, -0.15) is 0 Å². The van der Waals surface area contributed by atoms with Crippen molar-refractivity contribution in [2.45, 2.75) is 20.3 Å². The van der Waals surface area contributed by atoms with Gasteiger partial charge in [-0.15, -0.1) is 0 Å². The van der Waals surface area contributed by atoms with Crippen LogP contribution >= 0.6 is 0 Å². The Morgan fingerprint density at radius 2 is 2.20 bits per heavy atom. The summed E-state index contributed by atoms with van der Waals surface area (Å²) in [7, 11) is 0. The fourth-order valence-corrected chi connectivity index (χ4v) is 1.30. The first-order valence-electron chi connectivity index (χ1n) is 5.14. The van der Waals surface area contributed by atoms with Gasteiger partial charge in [-0.25, -0.2) is 9.97 Å². The van der Waals surface area contributed by atoms with Gasteiger partial charge in [-0.3, -0.25) is 0 Å². The number of aliphatic hydroxyl groups is 1. The minimum atomic E-state index is -0.0102. The monoisotopic (exact) mass is 211 g/mol. The third-order valence-electron chi connectivity index (χ3n) is 1.93. The van der Waals surface area contributed by atoms with Crippen molar-refractivity contribution >= 4 is 5.82 Å². The summed E-state index contributed by atoms with van der Waals surface area (Å²) in [6, 6.07) is 0. The first kappa shape index (κ1) is 11.7. The molecular formula is C10H17N3O2. The molecule has 0 unspecified atom stereocenters. The topological polar surface area (TPSA) is 67.3 Å². The zero-order valence-corrected chi connectivity index (χ0v) is 9.16. The van der Waals surface area contributed by atoms with Gasteiger partial charge >= 0.3 is 0 Å². The van der Waals surface area contributed by atoms with E-state index in [4.69, 9.17) is 9.84 Å². The summed E-state index contributed by atoms with van der Waals surface area (Å²) in [6.07, 6.45) is 2.26. The lowest BCUT2D eigenvalue weighted by molar-refractivity contribution is 0.195. The maximum atomic E-state index is 8.68. The Balaban J connectivity index is 2.88. The summed E-state index contributed by atoms with van der Waals surface area (Å²) < 4.78 is 5.32. The van der Waals surface area contributed by atoms with Crippen molar-refractivity contribution in [1.82, 2.24) is 9.97 Å². The quantitative estimate of drug-likeness (QED) is 0.730. The third-order valence-corrected chi connectivity index (χ3v) is 1.93. The molecule has 0 aliphatic rings. The van der Waals surface area contributed by atoms with E-state index in [0.29, 0.717) is 5.88 Å². The maximum Gasteiger partial charge on any atom is 0.221 e. The molecule has 0 atom stereocenters. The molecule has 1 rings (SSSR count). The minimum Gasteiger partial charge on any atom is -0.475 e.